The zero-order valence-electron chi connectivity index (χ0n) is 13.4. The third-order valence-corrected chi connectivity index (χ3v) is 3.98. The summed E-state index contributed by atoms with van der Waals surface area (Å²) in [7, 11) is 0. The largest absolute Gasteiger partial charge is 0.251 e. The molecule has 4 heteroatoms. The summed E-state index contributed by atoms with van der Waals surface area (Å²) in [5, 5.41) is 0. The van der Waals surface area contributed by atoms with Crippen LogP contribution in [0.25, 0.3) is 0 Å². The molecule has 0 aliphatic heterocycles. The molecule has 0 bridgehead atoms. The van der Waals surface area contributed by atoms with Crippen molar-refractivity contribution in [2.24, 2.45) is 0 Å². The number of unbranched alkanes of at least 4 members (excludes halogenated alkanes) is 3. The zero-order valence-corrected chi connectivity index (χ0v) is 13.4. The Labute approximate surface area is 135 Å². The van der Waals surface area contributed by atoms with Crippen molar-refractivity contribution in [3.05, 3.63) is 64.7 Å². The summed E-state index contributed by atoms with van der Waals surface area (Å²) in [6.45, 7) is 2.19. The summed E-state index contributed by atoms with van der Waals surface area (Å²) < 4.78 is 39.4. The second-order valence-corrected chi connectivity index (χ2v) is 5.84. The van der Waals surface area contributed by atoms with Crippen LogP contribution in [0.15, 0.2) is 30.3 Å². The standard InChI is InChI=1S/C19H22F3N/c1-2-3-4-5-6-14-7-9-15(10-8-14)11-12-16-13-17(20)19(22)23-18(16)21/h7-10,13H,2-6,11-12H2,1H3. The number of aromatic nitrogens is 1. The fourth-order valence-electron chi connectivity index (χ4n) is 2.57. The molecule has 0 N–H and O–H groups in total. The molecule has 1 nitrogen and oxygen atoms in total. The van der Waals surface area contributed by atoms with Crippen LogP contribution in [0.3, 0.4) is 0 Å². The van der Waals surface area contributed by atoms with E-state index < -0.39 is 17.7 Å². The molecule has 0 unspecified atom stereocenters. The lowest BCUT2D eigenvalue weighted by molar-refractivity contribution is 0.441. The van der Waals surface area contributed by atoms with Crippen LogP contribution < -0.4 is 0 Å². The van der Waals surface area contributed by atoms with E-state index in [9.17, 15) is 13.2 Å². The Kier molecular flexibility index (Phi) is 6.63. The number of pyridine rings is 1. The molecule has 2 rings (SSSR count). The molecule has 0 atom stereocenters. The van der Waals surface area contributed by atoms with Gasteiger partial charge in [0.1, 0.15) is 0 Å². The third-order valence-electron chi connectivity index (χ3n) is 3.98. The third kappa shape index (κ3) is 5.38. The van der Waals surface area contributed by atoms with Crippen molar-refractivity contribution < 1.29 is 13.2 Å². The normalized spacial score (nSPS) is 11.0. The van der Waals surface area contributed by atoms with Crippen molar-refractivity contribution in [3.63, 3.8) is 0 Å². The van der Waals surface area contributed by atoms with E-state index in [0.29, 0.717) is 12.8 Å². The molecule has 0 saturated carbocycles. The van der Waals surface area contributed by atoms with Crippen LogP contribution in [-0.4, -0.2) is 4.98 Å². The minimum Gasteiger partial charge on any atom is -0.202 e. The molecule has 0 spiro atoms. The highest BCUT2D eigenvalue weighted by molar-refractivity contribution is 5.24. The van der Waals surface area contributed by atoms with Gasteiger partial charge in [-0.3, -0.25) is 0 Å². The Morgan fingerprint density at radius 2 is 1.43 bits per heavy atom. The first kappa shape index (κ1) is 17.5. The van der Waals surface area contributed by atoms with Gasteiger partial charge in [-0.1, -0.05) is 50.5 Å². The molecule has 0 aliphatic rings. The molecule has 124 valence electrons. The molecule has 1 heterocycles. The van der Waals surface area contributed by atoms with E-state index in [1.54, 1.807) is 0 Å². The first-order valence-electron chi connectivity index (χ1n) is 8.18. The molecule has 2 aromatic rings. The van der Waals surface area contributed by atoms with E-state index in [-0.39, 0.29) is 5.56 Å². The minimum absolute atomic E-state index is 0.104. The molecule has 0 aliphatic carbocycles. The maximum absolute atomic E-state index is 13.5. The van der Waals surface area contributed by atoms with Gasteiger partial charge in [-0.2, -0.15) is 13.8 Å². The number of aryl methyl sites for hydroxylation is 3. The Morgan fingerprint density at radius 1 is 0.783 bits per heavy atom. The first-order chi connectivity index (χ1) is 11.1. The van der Waals surface area contributed by atoms with Crippen LogP contribution in [0, 0.1) is 17.7 Å². The molecule has 1 aromatic heterocycles. The lowest BCUT2D eigenvalue weighted by atomic mass is 10.0. The molecular weight excluding hydrogens is 299 g/mol. The summed E-state index contributed by atoms with van der Waals surface area (Å²) >= 11 is 0. The van der Waals surface area contributed by atoms with Gasteiger partial charge in [0.05, 0.1) is 0 Å². The quantitative estimate of drug-likeness (QED) is 0.468. The highest BCUT2D eigenvalue weighted by atomic mass is 19.2. The summed E-state index contributed by atoms with van der Waals surface area (Å²) in [6.07, 6.45) is 6.88. The second-order valence-electron chi connectivity index (χ2n) is 5.84. The summed E-state index contributed by atoms with van der Waals surface area (Å²) in [5.74, 6) is -3.43. The predicted octanol–water partition coefficient (Wildman–Crippen LogP) is 5.41. The number of benzene rings is 1. The molecule has 23 heavy (non-hydrogen) atoms. The van der Waals surface area contributed by atoms with Crippen molar-refractivity contribution in [2.75, 3.05) is 0 Å². The SMILES string of the molecule is CCCCCCc1ccc(CCc2cc(F)c(F)nc2F)cc1. The Bertz CT molecular complexity index is 623. The van der Waals surface area contributed by atoms with Crippen molar-refractivity contribution in [1.29, 1.82) is 0 Å². The summed E-state index contributed by atoms with van der Waals surface area (Å²) in [5.41, 5.74) is 2.45. The zero-order chi connectivity index (χ0) is 16.7. The van der Waals surface area contributed by atoms with Crippen LogP contribution >= 0.6 is 0 Å². The lowest BCUT2D eigenvalue weighted by Gasteiger charge is -2.06. The van der Waals surface area contributed by atoms with Gasteiger partial charge in [-0.15, -0.1) is 0 Å². The number of halogens is 3. The van der Waals surface area contributed by atoms with Gasteiger partial charge in [-0.25, -0.2) is 4.39 Å². The van der Waals surface area contributed by atoms with Gasteiger partial charge >= 0.3 is 0 Å². The summed E-state index contributed by atoms with van der Waals surface area (Å²) in [6, 6.07) is 9.09. The molecule has 0 amide bonds. The van der Waals surface area contributed by atoms with Crippen molar-refractivity contribution in [1.82, 2.24) is 4.98 Å². The average molecular weight is 321 g/mol. The van der Waals surface area contributed by atoms with Gasteiger partial charge in [0.25, 0.3) is 5.95 Å². The van der Waals surface area contributed by atoms with Crippen LogP contribution in [0.1, 0.15) is 49.3 Å². The predicted molar refractivity (Wildman–Crippen MR) is 85.8 cm³/mol. The summed E-state index contributed by atoms with van der Waals surface area (Å²) in [4.78, 5) is 2.94. The Morgan fingerprint density at radius 3 is 2.09 bits per heavy atom. The average Bonchev–Trinajstić information content (AvgIpc) is 2.55. The first-order valence-corrected chi connectivity index (χ1v) is 8.18. The number of hydrogen-bond acceptors (Lipinski definition) is 1. The molecule has 0 fully saturated rings. The fraction of sp³-hybridized carbons (Fsp3) is 0.421. The van der Waals surface area contributed by atoms with E-state index in [1.807, 2.05) is 12.1 Å². The molecular formula is C19H22F3N. The maximum atomic E-state index is 13.5. The number of rotatable bonds is 8. The van der Waals surface area contributed by atoms with Crippen LogP contribution in [0.4, 0.5) is 13.2 Å². The topological polar surface area (TPSA) is 12.9 Å². The van der Waals surface area contributed by atoms with Crippen LogP contribution in [0.2, 0.25) is 0 Å². The van der Waals surface area contributed by atoms with Gasteiger partial charge in [0.2, 0.25) is 5.95 Å². The molecule has 0 saturated heterocycles. The van der Waals surface area contributed by atoms with Crippen molar-refractivity contribution in [3.8, 4) is 0 Å². The van der Waals surface area contributed by atoms with Crippen molar-refractivity contribution in [2.45, 2.75) is 51.9 Å². The fourth-order valence-corrected chi connectivity index (χ4v) is 2.57. The van der Waals surface area contributed by atoms with Crippen LogP contribution in [0.5, 0.6) is 0 Å². The van der Waals surface area contributed by atoms with E-state index in [1.165, 1.54) is 31.2 Å². The Hall–Kier alpha value is -1.84. The highest BCUT2D eigenvalue weighted by Crippen LogP contribution is 2.15. The van der Waals surface area contributed by atoms with E-state index in [4.69, 9.17) is 0 Å². The molecule has 1 aromatic carbocycles. The van der Waals surface area contributed by atoms with E-state index in [2.05, 4.69) is 24.0 Å². The van der Waals surface area contributed by atoms with E-state index in [0.717, 1.165) is 18.1 Å². The smallest absolute Gasteiger partial charge is 0.202 e. The monoisotopic (exact) mass is 321 g/mol. The lowest BCUT2D eigenvalue weighted by Crippen LogP contribution is -2.02. The van der Waals surface area contributed by atoms with Gasteiger partial charge in [0, 0.05) is 5.56 Å². The van der Waals surface area contributed by atoms with Gasteiger partial charge in [0.15, 0.2) is 5.82 Å². The van der Waals surface area contributed by atoms with Gasteiger partial charge < -0.3 is 0 Å². The van der Waals surface area contributed by atoms with Gasteiger partial charge in [-0.05, 0) is 42.9 Å². The van der Waals surface area contributed by atoms with E-state index >= 15 is 0 Å². The molecule has 0 radical (unpaired) electrons. The van der Waals surface area contributed by atoms with Crippen LogP contribution in [-0.2, 0) is 19.3 Å². The highest BCUT2D eigenvalue weighted by Gasteiger charge is 2.11. The number of hydrogen-bond donors (Lipinski definition) is 0. The number of nitrogens with zero attached hydrogens (tertiary/aromatic N) is 1. The van der Waals surface area contributed by atoms with Crippen molar-refractivity contribution >= 4 is 0 Å². The Balaban J connectivity index is 1.88. The minimum atomic E-state index is -1.39. The maximum Gasteiger partial charge on any atom is 0.251 e. The second kappa shape index (κ2) is 8.70.